The monoisotopic (exact) mass is 481 g/mol. The third-order valence-corrected chi connectivity index (χ3v) is 5.63. The van der Waals surface area contributed by atoms with Crippen molar-refractivity contribution < 1.29 is 32.0 Å². The van der Waals surface area contributed by atoms with Crippen LogP contribution in [-0.2, 0) is 17.8 Å². The van der Waals surface area contributed by atoms with Crippen molar-refractivity contribution in [2.45, 2.75) is 26.3 Å². The molecule has 0 unspecified atom stereocenters. The molecule has 3 heterocycles. The number of hydrogen-bond acceptors (Lipinski definition) is 8. The molecule has 2 aromatic heterocycles. The number of carbonyl (C=O) groups is 2. The van der Waals surface area contributed by atoms with E-state index in [4.69, 9.17) is 4.52 Å². The Balaban J connectivity index is 1.30. The first kappa shape index (κ1) is 22.7. The van der Waals surface area contributed by atoms with Gasteiger partial charge in [-0.15, -0.1) is 24.5 Å². The van der Waals surface area contributed by atoms with Gasteiger partial charge in [0, 0.05) is 36.1 Å². The lowest BCUT2D eigenvalue weighted by atomic mass is 10.2. The summed E-state index contributed by atoms with van der Waals surface area (Å²) in [5.74, 6) is -0.558. The SMILES string of the molecule is Cc1cc(C(=O)Nc2nc3c(s2)CN(CC(=O)Nc2ccc(OC(F)(F)F)cc2)CC3)no1. The summed E-state index contributed by atoms with van der Waals surface area (Å²) in [4.78, 5) is 31.9. The fourth-order valence-electron chi connectivity index (χ4n) is 3.21. The largest absolute Gasteiger partial charge is 0.573 e. The Morgan fingerprint density at radius 2 is 2.00 bits per heavy atom. The van der Waals surface area contributed by atoms with Gasteiger partial charge in [-0.1, -0.05) is 5.16 Å². The molecule has 13 heteroatoms. The molecule has 174 valence electrons. The summed E-state index contributed by atoms with van der Waals surface area (Å²) in [5, 5.41) is 9.47. The van der Waals surface area contributed by atoms with E-state index in [0.717, 1.165) is 22.7 Å². The molecule has 0 saturated carbocycles. The van der Waals surface area contributed by atoms with E-state index in [2.05, 4.69) is 25.5 Å². The first-order valence-electron chi connectivity index (χ1n) is 9.76. The van der Waals surface area contributed by atoms with Crippen LogP contribution in [0.5, 0.6) is 5.75 Å². The predicted octanol–water partition coefficient (Wildman–Crippen LogP) is 3.59. The number of aryl methyl sites for hydroxylation is 1. The van der Waals surface area contributed by atoms with E-state index in [-0.39, 0.29) is 23.9 Å². The highest BCUT2D eigenvalue weighted by molar-refractivity contribution is 7.15. The lowest BCUT2D eigenvalue weighted by Gasteiger charge is -2.25. The molecule has 0 fully saturated rings. The number of carbonyl (C=O) groups excluding carboxylic acids is 2. The summed E-state index contributed by atoms with van der Waals surface area (Å²) in [6, 6.07) is 6.46. The number of ether oxygens (including phenoxy) is 1. The molecule has 0 atom stereocenters. The molecule has 0 saturated heterocycles. The van der Waals surface area contributed by atoms with Gasteiger partial charge in [-0.25, -0.2) is 4.98 Å². The fraction of sp³-hybridized carbons (Fsp3) is 0.300. The molecular formula is C20H18F3N5O4S. The molecule has 0 bridgehead atoms. The van der Waals surface area contributed by atoms with Gasteiger partial charge in [0.2, 0.25) is 5.91 Å². The van der Waals surface area contributed by atoms with E-state index >= 15 is 0 Å². The van der Waals surface area contributed by atoms with Crippen LogP contribution in [0.15, 0.2) is 34.9 Å². The van der Waals surface area contributed by atoms with Crippen molar-refractivity contribution in [3.8, 4) is 5.75 Å². The first-order valence-corrected chi connectivity index (χ1v) is 10.6. The van der Waals surface area contributed by atoms with Gasteiger partial charge in [0.15, 0.2) is 10.8 Å². The van der Waals surface area contributed by atoms with Crippen molar-refractivity contribution in [1.29, 1.82) is 0 Å². The minimum absolute atomic E-state index is 0.0953. The van der Waals surface area contributed by atoms with Crippen molar-refractivity contribution in [1.82, 2.24) is 15.0 Å². The Bertz CT molecular complexity index is 1160. The van der Waals surface area contributed by atoms with E-state index in [1.54, 1.807) is 6.92 Å². The van der Waals surface area contributed by atoms with Crippen molar-refractivity contribution in [2.75, 3.05) is 23.7 Å². The molecule has 4 rings (SSSR count). The number of alkyl halides is 3. The summed E-state index contributed by atoms with van der Waals surface area (Å²) in [5.41, 5.74) is 1.39. The Morgan fingerprint density at radius 3 is 2.67 bits per heavy atom. The smallest absolute Gasteiger partial charge is 0.406 e. The van der Waals surface area contributed by atoms with E-state index in [1.165, 1.54) is 29.5 Å². The van der Waals surface area contributed by atoms with E-state index in [0.29, 0.717) is 36.1 Å². The molecule has 1 aromatic carbocycles. The number of rotatable bonds is 6. The van der Waals surface area contributed by atoms with Gasteiger partial charge < -0.3 is 14.6 Å². The number of amides is 2. The zero-order valence-corrected chi connectivity index (χ0v) is 18.0. The van der Waals surface area contributed by atoms with Crippen LogP contribution >= 0.6 is 11.3 Å². The third-order valence-electron chi connectivity index (χ3n) is 4.63. The van der Waals surface area contributed by atoms with Gasteiger partial charge in [0.05, 0.1) is 12.2 Å². The van der Waals surface area contributed by atoms with Crippen molar-refractivity contribution in [3.05, 3.63) is 52.4 Å². The van der Waals surface area contributed by atoms with Crippen LogP contribution in [0.1, 0.15) is 26.8 Å². The topological polar surface area (TPSA) is 110 Å². The zero-order valence-electron chi connectivity index (χ0n) is 17.2. The summed E-state index contributed by atoms with van der Waals surface area (Å²) >= 11 is 1.33. The number of hydrogen-bond donors (Lipinski definition) is 2. The number of nitrogens with one attached hydrogen (secondary N) is 2. The highest BCUT2D eigenvalue weighted by atomic mass is 32.1. The fourth-order valence-corrected chi connectivity index (χ4v) is 4.26. The molecule has 3 aromatic rings. The number of aromatic nitrogens is 2. The van der Waals surface area contributed by atoms with Crippen LogP contribution in [0, 0.1) is 6.92 Å². The first-order chi connectivity index (χ1) is 15.6. The minimum atomic E-state index is -4.77. The van der Waals surface area contributed by atoms with Crippen molar-refractivity contribution >= 4 is 34.0 Å². The number of anilines is 2. The van der Waals surface area contributed by atoms with Gasteiger partial charge in [0.1, 0.15) is 11.5 Å². The maximum absolute atomic E-state index is 12.4. The summed E-state index contributed by atoms with van der Waals surface area (Å²) in [6.45, 7) is 2.86. The number of fused-ring (bicyclic) bond motifs is 1. The summed E-state index contributed by atoms with van der Waals surface area (Å²) in [7, 11) is 0. The predicted molar refractivity (Wildman–Crippen MR) is 112 cm³/mol. The number of nitrogens with zero attached hydrogens (tertiary/aromatic N) is 3. The maximum Gasteiger partial charge on any atom is 0.573 e. The van der Waals surface area contributed by atoms with E-state index < -0.39 is 12.3 Å². The molecule has 0 radical (unpaired) electrons. The molecule has 0 aliphatic carbocycles. The van der Waals surface area contributed by atoms with Crippen LogP contribution in [0.2, 0.25) is 0 Å². The van der Waals surface area contributed by atoms with Gasteiger partial charge in [-0.2, -0.15) is 0 Å². The number of thiazole rings is 1. The lowest BCUT2D eigenvalue weighted by molar-refractivity contribution is -0.274. The number of benzene rings is 1. The van der Waals surface area contributed by atoms with Crippen LogP contribution in [0.4, 0.5) is 24.0 Å². The Hall–Kier alpha value is -3.45. The molecule has 2 N–H and O–H groups in total. The number of halogens is 3. The molecule has 2 amide bonds. The van der Waals surface area contributed by atoms with Gasteiger partial charge in [-0.05, 0) is 31.2 Å². The molecule has 9 nitrogen and oxygen atoms in total. The molecule has 1 aliphatic rings. The normalized spacial score (nSPS) is 13.9. The van der Waals surface area contributed by atoms with Crippen LogP contribution in [-0.4, -0.2) is 46.3 Å². The Kier molecular flexibility index (Phi) is 6.33. The highest BCUT2D eigenvalue weighted by Crippen LogP contribution is 2.29. The third kappa shape index (κ3) is 6.08. The van der Waals surface area contributed by atoms with Crippen LogP contribution < -0.4 is 15.4 Å². The zero-order chi connectivity index (χ0) is 23.6. The van der Waals surface area contributed by atoms with E-state index in [9.17, 15) is 22.8 Å². The second-order valence-electron chi connectivity index (χ2n) is 7.25. The Morgan fingerprint density at radius 1 is 1.24 bits per heavy atom. The van der Waals surface area contributed by atoms with Gasteiger partial charge in [-0.3, -0.25) is 19.8 Å². The second-order valence-corrected chi connectivity index (χ2v) is 8.33. The van der Waals surface area contributed by atoms with Crippen molar-refractivity contribution in [3.63, 3.8) is 0 Å². The van der Waals surface area contributed by atoms with Gasteiger partial charge in [0.25, 0.3) is 5.91 Å². The quantitative estimate of drug-likeness (QED) is 0.554. The summed E-state index contributed by atoms with van der Waals surface area (Å²) in [6.07, 6.45) is -4.16. The lowest BCUT2D eigenvalue weighted by Crippen LogP contribution is -2.36. The standard InChI is InChI=1S/C20H18F3N5O4S/c1-11-8-15(27-32-11)18(30)26-19-25-14-6-7-28(9-16(14)33-19)10-17(29)24-12-2-4-13(5-3-12)31-20(21,22)23/h2-5,8H,6-7,9-10H2,1H3,(H,24,29)(H,25,26,30). The maximum atomic E-state index is 12.4. The molecular weight excluding hydrogens is 463 g/mol. The molecule has 1 aliphatic heterocycles. The highest BCUT2D eigenvalue weighted by Gasteiger charge is 2.31. The second kappa shape index (κ2) is 9.19. The van der Waals surface area contributed by atoms with Crippen LogP contribution in [0.3, 0.4) is 0 Å². The molecule has 0 spiro atoms. The average Bonchev–Trinajstić information content (AvgIpc) is 3.33. The minimum Gasteiger partial charge on any atom is -0.406 e. The van der Waals surface area contributed by atoms with E-state index in [1.807, 2.05) is 4.90 Å². The summed E-state index contributed by atoms with van der Waals surface area (Å²) < 4.78 is 45.4. The van der Waals surface area contributed by atoms with Gasteiger partial charge >= 0.3 is 6.36 Å². The van der Waals surface area contributed by atoms with Crippen molar-refractivity contribution in [2.24, 2.45) is 0 Å². The Labute approximate surface area is 189 Å². The molecule has 33 heavy (non-hydrogen) atoms. The van der Waals surface area contributed by atoms with Crippen LogP contribution in [0.25, 0.3) is 0 Å². The average molecular weight is 481 g/mol.